The molecule has 0 unspecified atom stereocenters. The molecular weight excluding hydrogens is 264 g/mol. The van der Waals surface area contributed by atoms with Crippen LogP contribution in [0.4, 0.5) is 0 Å². The van der Waals surface area contributed by atoms with Gasteiger partial charge in [0, 0.05) is 19.3 Å². The first-order valence-corrected chi connectivity index (χ1v) is 8.71. The van der Waals surface area contributed by atoms with Gasteiger partial charge in [0.15, 0.2) is 17.3 Å². The predicted octanol–water partition coefficient (Wildman–Crippen LogP) is 3.88. The Balaban J connectivity index is 1.98. The van der Waals surface area contributed by atoms with Crippen molar-refractivity contribution in [3.05, 3.63) is 0 Å². The number of hydrogen-bond acceptors (Lipinski definition) is 3. The molecule has 0 amide bonds. The average Bonchev–Trinajstić information content (AvgIpc) is 2.37. The van der Waals surface area contributed by atoms with Gasteiger partial charge in [-0.15, -0.1) is 0 Å². The van der Waals surface area contributed by atoms with Gasteiger partial charge >= 0.3 is 0 Å². The molecule has 0 aromatic rings. The quantitative estimate of drug-likeness (QED) is 0.739. The van der Waals surface area contributed by atoms with E-state index in [4.69, 9.17) is 0 Å². The fourth-order valence-electron chi connectivity index (χ4n) is 4.05. The van der Waals surface area contributed by atoms with Gasteiger partial charge in [-0.25, -0.2) is 0 Å². The summed E-state index contributed by atoms with van der Waals surface area (Å²) < 4.78 is 0. The molecule has 3 heteroatoms. The summed E-state index contributed by atoms with van der Waals surface area (Å²) in [5.74, 6) is -0.555. The summed E-state index contributed by atoms with van der Waals surface area (Å²) in [5.41, 5.74) is 0. The minimum Gasteiger partial charge on any atom is -0.298 e. The molecule has 0 aromatic carbocycles. The number of hydrogen-bond donors (Lipinski definition) is 0. The van der Waals surface area contributed by atoms with E-state index in [1.54, 1.807) is 0 Å². The molecule has 0 atom stereocenters. The number of rotatable bonds is 4. The van der Waals surface area contributed by atoms with Gasteiger partial charge in [-0.05, 0) is 18.3 Å². The largest absolute Gasteiger partial charge is 0.298 e. The zero-order valence-electron chi connectivity index (χ0n) is 13.2. The Kier molecular flexibility index (Phi) is 6.13. The minimum absolute atomic E-state index is 0.100. The molecule has 2 saturated carbocycles. The first-order valence-electron chi connectivity index (χ1n) is 8.71. The van der Waals surface area contributed by atoms with Crippen LogP contribution in [0.1, 0.15) is 77.6 Å². The first kappa shape index (κ1) is 16.4. The van der Waals surface area contributed by atoms with Crippen molar-refractivity contribution >= 4 is 17.3 Å². The van der Waals surface area contributed by atoms with E-state index < -0.39 is 5.92 Å². The second kappa shape index (κ2) is 7.86. The number of ketones is 3. The smallest absolute Gasteiger partial charge is 0.151 e. The Labute approximate surface area is 127 Å². The third-order valence-corrected chi connectivity index (χ3v) is 5.21. The van der Waals surface area contributed by atoms with Crippen molar-refractivity contribution in [3.8, 4) is 0 Å². The Morgan fingerprint density at radius 1 is 0.905 bits per heavy atom. The van der Waals surface area contributed by atoms with Crippen LogP contribution in [0.15, 0.2) is 0 Å². The standard InChI is InChI=1S/C18H28O3/c1-2-8-15(19)18-16(20)11-14(12-17(18)21)13-9-6-4-3-5-7-10-13/h13-14,18H,2-12H2,1H3. The lowest BCUT2D eigenvalue weighted by molar-refractivity contribution is -0.144. The zero-order chi connectivity index (χ0) is 15.2. The van der Waals surface area contributed by atoms with Crippen LogP contribution in [0, 0.1) is 17.8 Å². The highest BCUT2D eigenvalue weighted by Gasteiger charge is 2.41. The van der Waals surface area contributed by atoms with Crippen LogP contribution in [0.25, 0.3) is 0 Å². The van der Waals surface area contributed by atoms with Gasteiger partial charge in [0.05, 0.1) is 0 Å². The normalized spacial score (nSPS) is 29.0. The van der Waals surface area contributed by atoms with Crippen molar-refractivity contribution in [2.45, 2.75) is 77.6 Å². The fraction of sp³-hybridized carbons (Fsp3) is 0.833. The molecule has 0 bridgehead atoms. The third-order valence-electron chi connectivity index (χ3n) is 5.21. The van der Waals surface area contributed by atoms with E-state index in [0.717, 1.165) is 12.8 Å². The summed E-state index contributed by atoms with van der Waals surface area (Å²) in [5, 5.41) is 0. The summed E-state index contributed by atoms with van der Waals surface area (Å²) >= 11 is 0. The van der Waals surface area contributed by atoms with Gasteiger partial charge in [-0.3, -0.25) is 14.4 Å². The molecule has 118 valence electrons. The van der Waals surface area contributed by atoms with E-state index in [0.29, 0.717) is 31.6 Å². The lowest BCUT2D eigenvalue weighted by Gasteiger charge is -2.32. The predicted molar refractivity (Wildman–Crippen MR) is 82.0 cm³/mol. The molecule has 2 aliphatic rings. The molecule has 21 heavy (non-hydrogen) atoms. The number of carbonyl (C=O) groups excluding carboxylic acids is 3. The van der Waals surface area contributed by atoms with Crippen molar-refractivity contribution in [1.29, 1.82) is 0 Å². The third kappa shape index (κ3) is 4.24. The summed E-state index contributed by atoms with van der Waals surface area (Å²) in [6.07, 6.45) is 10.6. The van der Waals surface area contributed by atoms with Crippen molar-refractivity contribution in [2.75, 3.05) is 0 Å². The molecular formula is C18H28O3. The number of Topliss-reactive ketones (excluding diaryl/α,β-unsaturated/α-hetero) is 3. The molecule has 0 aromatic heterocycles. The molecule has 0 radical (unpaired) electrons. The SMILES string of the molecule is CCCC(=O)C1C(=O)CC(C2CCCCCCC2)CC1=O. The van der Waals surface area contributed by atoms with E-state index in [9.17, 15) is 14.4 Å². The van der Waals surface area contributed by atoms with E-state index in [2.05, 4.69) is 0 Å². The van der Waals surface area contributed by atoms with Crippen LogP contribution < -0.4 is 0 Å². The Morgan fingerprint density at radius 2 is 1.43 bits per heavy atom. The highest BCUT2D eigenvalue weighted by molar-refractivity contribution is 6.20. The molecule has 3 nitrogen and oxygen atoms in total. The van der Waals surface area contributed by atoms with E-state index in [1.807, 2.05) is 6.92 Å². The summed E-state index contributed by atoms with van der Waals surface area (Å²) in [7, 11) is 0. The van der Waals surface area contributed by atoms with Crippen LogP contribution in [-0.4, -0.2) is 17.3 Å². The van der Waals surface area contributed by atoms with Crippen LogP contribution in [0.2, 0.25) is 0 Å². The molecule has 0 heterocycles. The van der Waals surface area contributed by atoms with Crippen molar-refractivity contribution in [2.24, 2.45) is 17.8 Å². The van der Waals surface area contributed by atoms with Gasteiger partial charge in [-0.1, -0.05) is 51.9 Å². The fourth-order valence-corrected chi connectivity index (χ4v) is 4.05. The molecule has 0 aliphatic heterocycles. The summed E-state index contributed by atoms with van der Waals surface area (Å²) in [6, 6.07) is 0. The molecule has 2 rings (SSSR count). The van der Waals surface area contributed by atoms with Gasteiger partial charge in [0.1, 0.15) is 5.92 Å². The second-order valence-electron chi connectivity index (χ2n) is 6.86. The van der Waals surface area contributed by atoms with E-state index in [-0.39, 0.29) is 23.3 Å². The van der Waals surface area contributed by atoms with Crippen LogP contribution in [-0.2, 0) is 14.4 Å². The first-order chi connectivity index (χ1) is 10.1. The highest BCUT2D eigenvalue weighted by atomic mass is 16.2. The lowest BCUT2D eigenvalue weighted by Crippen LogP contribution is -2.40. The maximum atomic E-state index is 12.3. The average molecular weight is 292 g/mol. The molecule has 0 saturated heterocycles. The molecule has 2 fully saturated rings. The highest BCUT2D eigenvalue weighted by Crippen LogP contribution is 2.36. The van der Waals surface area contributed by atoms with Crippen LogP contribution >= 0.6 is 0 Å². The van der Waals surface area contributed by atoms with Gasteiger partial charge < -0.3 is 0 Å². The minimum atomic E-state index is -0.922. The maximum absolute atomic E-state index is 12.3. The second-order valence-corrected chi connectivity index (χ2v) is 6.86. The van der Waals surface area contributed by atoms with Crippen molar-refractivity contribution in [3.63, 3.8) is 0 Å². The van der Waals surface area contributed by atoms with Crippen LogP contribution in [0.5, 0.6) is 0 Å². The Bertz CT molecular complexity index is 373. The van der Waals surface area contributed by atoms with Gasteiger partial charge in [-0.2, -0.15) is 0 Å². The topological polar surface area (TPSA) is 51.2 Å². The van der Waals surface area contributed by atoms with Crippen molar-refractivity contribution < 1.29 is 14.4 Å². The van der Waals surface area contributed by atoms with Gasteiger partial charge in [0.2, 0.25) is 0 Å². The maximum Gasteiger partial charge on any atom is 0.151 e. The summed E-state index contributed by atoms with van der Waals surface area (Å²) in [6.45, 7) is 1.91. The van der Waals surface area contributed by atoms with Gasteiger partial charge in [0.25, 0.3) is 0 Å². The van der Waals surface area contributed by atoms with Crippen molar-refractivity contribution in [1.82, 2.24) is 0 Å². The lowest BCUT2D eigenvalue weighted by atomic mass is 9.70. The molecule has 0 spiro atoms. The Morgan fingerprint density at radius 3 is 1.95 bits per heavy atom. The summed E-state index contributed by atoms with van der Waals surface area (Å²) in [4.78, 5) is 36.5. The van der Waals surface area contributed by atoms with Crippen LogP contribution in [0.3, 0.4) is 0 Å². The monoisotopic (exact) mass is 292 g/mol. The number of carbonyl (C=O) groups is 3. The van der Waals surface area contributed by atoms with E-state index >= 15 is 0 Å². The molecule has 2 aliphatic carbocycles. The molecule has 0 N–H and O–H groups in total. The Hall–Kier alpha value is -0.990. The zero-order valence-corrected chi connectivity index (χ0v) is 13.2. The van der Waals surface area contributed by atoms with E-state index in [1.165, 1.54) is 32.1 Å².